The molecule has 1 N–H and O–H groups in total. The third-order valence-corrected chi connectivity index (χ3v) is 5.28. The van der Waals surface area contributed by atoms with Gasteiger partial charge in [-0.1, -0.05) is 0 Å². The summed E-state index contributed by atoms with van der Waals surface area (Å²) in [5.74, 6) is -0.328. The molecule has 0 bridgehead atoms. The Morgan fingerprint density at radius 3 is 2.08 bits per heavy atom. The SMILES string of the molecule is O=C1CCCC2=C1N(c1ccc(F)c(Br)c1)C1=C(CCCC1=O)N2. The van der Waals surface area contributed by atoms with Crippen molar-refractivity contribution in [3.05, 3.63) is 51.3 Å². The number of hydrogen-bond donors (Lipinski definition) is 1. The number of carbonyl (C=O) groups excluding carboxylic acids is 2. The quantitative estimate of drug-likeness (QED) is 0.789. The number of halogens is 2. The third-order valence-electron chi connectivity index (χ3n) is 4.67. The molecule has 4 nitrogen and oxygen atoms in total. The molecule has 3 aliphatic rings. The number of rotatable bonds is 1. The van der Waals surface area contributed by atoms with Gasteiger partial charge in [0.15, 0.2) is 11.6 Å². The molecule has 0 atom stereocenters. The van der Waals surface area contributed by atoms with Gasteiger partial charge in [0.25, 0.3) is 0 Å². The normalized spacial score (nSPS) is 20.8. The summed E-state index contributed by atoms with van der Waals surface area (Å²) in [6.45, 7) is 0. The van der Waals surface area contributed by atoms with Gasteiger partial charge in [0.2, 0.25) is 0 Å². The average Bonchev–Trinajstić information content (AvgIpc) is 2.56. The van der Waals surface area contributed by atoms with Crippen molar-refractivity contribution in [3.8, 4) is 0 Å². The second-order valence-electron chi connectivity index (χ2n) is 6.27. The van der Waals surface area contributed by atoms with Crippen LogP contribution in [0.5, 0.6) is 0 Å². The lowest BCUT2D eigenvalue weighted by Gasteiger charge is -2.40. The van der Waals surface area contributed by atoms with Gasteiger partial charge in [-0.15, -0.1) is 0 Å². The highest BCUT2D eigenvalue weighted by atomic mass is 79.9. The lowest BCUT2D eigenvalue weighted by atomic mass is 9.90. The maximum Gasteiger partial charge on any atom is 0.181 e. The molecule has 0 radical (unpaired) electrons. The minimum atomic E-state index is -0.373. The van der Waals surface area contributed by atoms with Crippen molar-refractivity contribution in [1.82, 2.24) is 5.32 Å². The van der Waals surface area contributed by atoms with Gasteiger partial charge in [-0.3, -0.25) is 9.59 Å². The van der Waals surface area contributed by atoms with Crippen molar-refractivity contribution in [2.45, 2.75) is 38.5 Å². The number of Topliss-reactive ketones (excluding diaryl/α,β-unsaturated/α-hetero) is 2. The zero-order chi connectivity index (χ0) is 16.8. The van der Waals surface area contributed by atoms with Gasteiger partial charge in [-0.2, -0.15) is 0 Å². The van der Waals surface area contributed by atoms with Crippen LogP contribution in [-0.2, 0) is 9.59 Å². The van der Waals surface area contributed by atoms with Gasteiger partial charge < -0.3 is 10.2 Å². The minimum Gasteiger partial charge on any atom is -0.359 e. The highest BCUT2D eigenvalue weighted by molar-refractivity contribution is 9.10. The summed E-state index contributed by atoms with van der Waals surface area (Å²) in [5, 5.41) is 3.33. The van der Waals surface area contributed by atoms with Gasteiger partial charge >= 0.3 is 0 Å². The maximum absolute atomic E-state index is 13.6. The van der Waals surface area contributed by atoms with E-state index in [-0.39, 0.29) is 17.4 Å². The second-order valence-corrected chi connectivity index (χ2v) is 7.12. The number of ketones is 2. The molecular weight excluding hydrogens is 375 g/mol. The van der Waals surface area contributed by atoms with Crippen LogP contribution in [0.3, 0.4) is 0 Å². The van der Waals surface area contributed by atoms with Crippen molar-refractivity contribution in [1.29, 1.82) is 0 Å². The first-order valence-corrected chi connectivity index (χ1v) is 8.90. The van der Waals surface area contributed by atoms with E-state index in [2.05, 4.69) is 21.2 Å². The fourth-order valence-electron chi connectivity index (χ4n) is 3.60. The summed E-state index contributed by atoms with van der Waals surface area (Å²) in [5.41, 5.74) is 3.46. The molecule has 2 aliphatic carbocycles. The molecule has 1 aliphatic heterocycles. The Labute approximate surface area is 147 Å². The van der Waals surface area contributed by atoms with Crippen LogP contribution in [0.15, 0.2) is 45.5 Å². The second kappa shape index (κ2) is 5.84. The van der Waals surface area contributed by atoms with E-state index in [9.17, 15) is 14.0 Å². The molecule has 6 heteroatoms. The summed E-state index contributed by atoms with van der Waals surface area (Å²) in [7, 11) is 0. The van der Waals surface area contributed by atoms with Crippen LogP contribution in [0.1, 0.15) is 38.5 Å². The van der Waals surface area contributed by atoms with Crippen LogP contribution in [0.4, 0.5) is 10.1 Å². The highest BCUT2D eigenvalue weighted by Gasteiger charge is 2.38. The van der Waals surface area contributed by atoms with Crippen molar-refractivity contribution in [2.24, 2.45) is 0 Å². The standard InChI is InChI=1S/C18H16BrFN2O2/c19-11-9-10(7-8-12(11)20)22-17-13(3-1-5-15(17)23)21-14-4-2-6-16(24)18(14)22/h7-9,21H,1-6H2. The van der Waals surface area contributed by atoms with E-state index < -0.39 is 0 Å². The first-order chi connectivity index (χ1) is 11.6. The van der Waals surface area contributed by atoms with E-state index in [0.717, 1.165) is 37.1 Å². The Balaban J connectivity index is 1.92. The van der Waals surface area contributed by atoms with Crippen LogP contribution in [0, 0.1) is 5.82 Å². The van der Waals surface area contributed by atoms with Crippen molar-refractivity contribution < 1.29 is 14.0 Å². The molecule has 1 aromatic carbocycles. The Morgan fingerprint density at radius 1 is 0.958 bits per heavy atom. The largest absolute Gasteiger partial charge is 0.359 e. The zero-order valence-corrected chi connectivity index (χ0v) is 14.6. The third kappa shape index (κ3) is 2.40. The zero-order valence-electron chi connectivity index (χ0n) is 13.0. The van der Waals surface area contributed by atoms with Gasteiger partial charge in [0.05, 0.1) is 4.47 Å². The summed E-state index contributed by atoms with van der Waals surface area (Å²) in [4.78, 5) is 26.9. The smallest absolute Gasteiger partial charge is 0.181 e. The Hall–Kier alpha value is -1.95. The van der Waals surface area contributed by atoms with Crippen LogP contribution in [0.2, 0.25) is 0 Å². The average molecular weight is 391 g/mol. The first kappa shape index (κ1) is 15.6. The highest BCUT2D eigenvalue weighted by Crippen LogP contribution is 2.40. The van der Waals surface area contributed by atoms with Gasteiger partial charge in [0, 0.05) is 29.9 Å². The van der Waals surface area contributed by atoms with Crippen molar-refractivity contribution >= 4 is 33.2 Å². The molecule has 0 fully saturated rings. The monoisotopic (exact) mass is 390 g/mol. The Morgan fingerprint density at radius 2 is 1.54 bits per heavy atom. The molecule has 0 spiro atoms. The lowest BCUT2D eigenvalue weighted by molar-refractivity contribution is -0.116. The van der Waals surface area contributed by atoms with Gasteiger partial charge in [-0.25, -0.2) is 4.39 Å². The number of hydrogen-bond acceptors (Lipinski definition) is 4. The number of nitrogens with zero attached hydrogens (tertiary/aromatic N) is 1. The lowest BCUT2D eigenvalue weighted by Crippen LogP contribution is -2.43. The summed E-state index contributed by atoms with van der Waals surface area (Å²) in [6, 6.07) is 4.59. The van der Waals surface area contributed by atoms with Crippen LogP contribution in [0.25, 0.3) is 0 Å². The van der Waals surface area contributed by atoms with Gasteiger partial charge in [-0.05, 0) is 59.8 Å². The molecule has 0 aromatic heterocycles. The Bertz CT molecular complexity index is 786. The number of anilines is 1. The molecule has 4 rings (SSSR count). The Kier molecular flexibility index (Phi) is 3.79. The van der Waals surface area contributed by atoms with E-state index in [1.165, 1.54) is 6.07 Å². The van der Waals surface area contributed by atoms with E-state index >= 15 is 0 Å². The summed E-state index contributed by atoms with van der Waals surface area (Å²) in [6.07, 6.45) is 4.12. The predicted molar refractivity (Wildman–Crippen MR) is 91.5 cm³/mol. The number of nitrogens with one attached hydrogen (secondary N) is 1. The molecule has 1 heterocycles. The number of benzene rings is 1. The molecule has 0 saturated carbocycles. The summed E-state index contributed by atoms with van der Waals surface area (Å²) >= 11 is 3.20. The molecule has 24 heavy (non-hydrogen) atoms. The van der Waals surface area contributed by atoms with E-state index in [1.54, 1.807) is 17.0 Å². The fourth-order valence-corrected chi connectivity index (χ4v) is 3.97. The van der Waals surface area contributed by atoms with E-state index in [0.29, 0.717) is 34.4 Å². The minimum absolute atomic E-state index is 0.0223. The number of allylic oxidation sites excluding steroid dienone is 4. The molecular formula is C18H16BrFN2O2. The molecule has 1 aromatic rings. The van der Waals surface area contributed by atoms with Gasteiger partial charge in [0.1, 0.15) is 17.2 Å². The molecule has 124 valence electrons. The molecule has 0 amide bonds. The van der Waals surface area contributed by atoms with E-state index in [4.69, 9.17) is 0 Å². The first-order valence-electron chi connectivity index (χ1n) is 8.11. The van der Waals surface area contributed by atoms with E-state index in [1.807, 2.05) is 0 Å². The fraction of sp³-hybridized carbons (Fsp3) is 0.333. The number of carbonyl (C=O) groups is 2. The topological polar surface area (TPSA) is 49.4 Å². The van der Waals surface area contributed by atoms with Crippen LogP contribution < -0.4 is 10.2 Å². The van der Waals surface area contributed by atoms with Crippen LogP contribution >= 0.6 is 15.9 Å². The summed E-state index contributed by atoms with van der Waals surface area (Å²) < 4.78 is 14.0. The maximum atomic E-state index is 13.6. The molecule has 0 unspecified atom stereocenters. The predicted octanol–water partition coefficient (Wildman–Crippen LogP) is 3.93. The van der Waals surface area contributed by atoms with Crippen LogP contribution in [-0.4, -0.2) is 11.6 Å². The van der Waals surface area contributed by atoms with Crippen molar-refractivity contribution in [3.63, 3.8) is 0 Å². The molecule has 0 saturated heterocycles. The van der Waals surface area contributed by atoms with Crippen molar-refractivity contribution in [2.75, 3.05) is 4.90 Å².